The molecule has 0 saturated heterocycles. The van der Waals surface area contributed by atoms with Crippen LogP contribution in [0.4, 0.5) is 13.2 Å². The van der Waals surface area contributed by atoms with Gasteiger partial charge in [0.05, 0.1) is 6.42 Å². The second-order valence-electron chi connectivity index (χ2n) is 11.6. The highest BCUT2D eigenvalue weighted by Gasteiger charge is 2.50. The summed E-state index contributed by atoms with van der Waals surface area (Å²) < 4.78 is 41.8. The Hall–Kier alpha value is -3.89. The Bertz CT molecular complexity index is 1310. The number of aliphatic carboxylic acids is 1. The van der Waals surface area contributed by atoms with Crippen molar-refractivity contribution in [2.24, 2.45) is 16.3 Å². The van der Waals surface area contributed by atoms with Gasteiger partial charge in [0.1, 0.15) is 17.1 Å². The van der Waals surface area contributed by atoms with Crippen molar-refractivity contribution in [1.82, 2.24) is 10.2 Å². The van der Waals surface area contributed by atoms with Crippen molar-refractivity contribution in [3.05, 3.63) is 65.2 Å². The fraction of sp³-hybridized carbons (Fsp3) is 0.467. The molecule has 2 N–H and O–H groups in total. The third-order valence-corrected chi connectivity index (χ3v) is 7.82. The van der Waals surface area contributed by atoms with Crippen LogP contribution >= 0.6 is 0 Å². The molecule has 1 fully saturated rings. The number of alkyl halides is 3. The van der Waals surface area contributed by atoms with Crippen molar-refractivity contribution >= 4 is 23.5 Å². The van der Waals surface area contributed by atoms with E-state index in [0.29, 0.717) is 29.9 Å². The summed E-state index contributed by atoms with van der Waals surface area (Å²) in [5.74, 6) is -1.62. The Morgan fingerprint density at radius 2 is 1.66 bits per heavy atom. The number of benzene rings is 2. The maximum atomic E-state index is 13.8. The Morgan fingerprint density at radius 1 is 1.05 bits per heavy atom. The first kappa shape index (κ1) is 30.1. The summed E-state index contributed by atoms with van der Waals surface area (Å²) in [6, 6.07) is 11.9. The smallest absolute Gasteiger partial charge is 0.481 e. The number of carbonyl (C=O) groups is 3. The first-order chi connectivity index (χ1) is 19.2. The molecule has 4 rings (SSSR count). The van der Waals surface area contributed by atoms with Crippen molar-refractivity contribution in [3.63, 3.8) is 0 Å². The van der Waals surface area contributed by atoms with Gasteiger partial charge < -0.3 is 20.1 Å². The molecule has 0 aromatic heterocycles. The lowest BCUT2D eigenvalue weighted by molar-refractivity contribution is -0.274. The van der Waals surface area contributed by atoms with E-state index in [1.165, 1.54) is 24.3 Å². The number of amides is 2. The van der Waals surface area contributed by atoms with Crippen LogP contribution in [0.3, 0.4) is 0 Å². The molecule has 11 heteroatoms. The molecule has 1 heterocycles. The average molecular weight is 574 g/mol. The first-order valence-electron chi connectivity index (χ1n) is 13.5. The SMILES string of the molecule is CC(C)(C)C1CCC2(CC1)N=C(c1ccc(OC(F)(F)F)cc1)C(=O)N2Cc1ccc(C(=O)NCCC(=O)O)cc1. The number of hydrogen-bond donors (Lipinski definition) is 2. The monoisotopic (exact) mass is 573 g/mol. The van der Waals surface area contributed by atoms with Crippen molar-refractivity contribution in [2.75, 3.05) is 6.54 Å². The maximum Gasteiger partial charge on any atom is 0.573 e. The normalized spacial score (nSPS) is 21.1. The van der Waals surface area contributed by atoms with Gasteiger partial charge in [0.2, 0.25) is 0 Å². The van der Waals surface area contributed by atoms with E-state index in [-0.39, 0.29) is 42.3 Å². The molecule has 220 valence electrons. The minimum Gasteiger partial charge on any atom is -0.481 e. The number of carbonyl (C=O) groups excluding carboxylic acids is 2. The molecule has 2 amide bonds. The van der Waals surface area contributed by atoms with Crippen LogP contribution in [0, 0.1) is 11.3 Å². The van der Waals surface area contributed by atoms with Crippen LogP contribution in [0.25, 0.3) is 0 Å². The molecule has 0 radical (unpaired) electrons. The van der Waals surface area contributed by atoms with Crippen molar-refractivity contribution in [3.8, 4) is 5.75 Å². The first-order valence-corrected chi connectivity index (χ1v) is 13.5. The maximum absolute atomic E-state index is 13.8. The Balaban J connectivity index is 1.56. The zero-order chi connectivity index (χ0) is 30.0. The van der Waals surface area contributed by atoms with Gasteiger partial charge in [-0.1, -0.05) is 32.9 Å². The van der Waals surface area contributed by atoms with Gasteiger partial charge in [-0.2, -0.15) is 0 Å². The second kappa shape index (κ2) is 11.5. The molecule has 1 aliphatic heterocycles. The van der Waals surface area contributed by atoms with Gasteiger partial charge in [-0.3, -0.25) is 19.4 Å². The highest BCUT2D eigenvalue weighted by Crippen LogP contribution is 2.47. The van der Waals surface area contributed by atoms with Gasteiger partial charge in [-0.05, 0) is 79.0 Å². The van der Waals surface area contributed by atoms with Crippen LogP contribution in [0.1, 0.15) is 74.4 Å². The molecular formula is C30H34F3N3O5. The van der Waals surface area contributed by atoms with E-state index >= 15 is 0 Å². The lowest BCUT2D eigenvalue weighted by Crippen LogP contribution is -2.49. The summed E-state index contributed by atoms with van der Waals surface area (Å²) in [4.78, 5) is 43.5. The fourth-order valence-electron chi connectivity index (χ4n) is 5.51. The number of aliphatic imine (C=N–C) groups is 1. The number of nitrogens with zero attached hydrogens (tertiary/aromatic N) is 2. The number of hydrogen-bond acceptors (Lipinski definition) is 5. The molecule has 1 saturated carbocycles. The molecule has 2 aromatic carbocycles. The molecule has 41 heavy (non-hydrogen) atoms. The summed E-state index contributed by atoms with van der Waals surface area (Å²) >= 11 is 0. The number of nitrogens with one attached hydrogen (secondary N) is 1. The summed E-state index contributed by atoms with van der Waals surface area (Å²) in [6.07, 6.45) is -1.94. The molecule has 0 atom stereocenters. The molecular weight excluding hydrogens is 539 g/mol. The summed E-state index contributed by atoms with van der Waals surface area (Å²) in [5, 5.41) is 11.3. The van der Waals surface area contributed by atoms with Crippen molar-refractivity contribution in [2.45, 2.75) is 71.4 Å². The standard InChI is InChI=1S/C30H34F3N3O5/c1-28(2,3)22-12-15-29(16-13-22)35-25(20-8-10-23(11-9-20)41-30(31,32)33)27(40)36(29)18-19-4-6-21(7-5-19)26(39)34-17-14-24(37)38/h4-11,22H,12-18H2,1-3H3,(H,34,39)(H,37,38). The zero-order valence-electron chi connectivity index (χ0n) is 23.3. The van der Waals surface area contributed by atoms with Crippen LogP contribution in [-0.4, -0.2) is 52.1 Å². The largest absolute Gasteiger partial charge is 0.573 e. The van der Waals surface area contributed by atoms with E-state index in [2.05, 4.69) is 30.8 Å². The van der Waals surface area contributed by atoms with E-state index < -0.39 is 23.9 Å². The Kier molecular flexibility index (Phi) is 8.46. The van der Waals surface area contributed by atoms with Gasteiger partial charge in [-0.25, -0.2) is 0 Å². The molecule has 8 nitrogen and oxygen atoms in total. The fourth-order valence-corrected chi connectivity index (χ4v) is 5.51. The lowest BCUT2D eigenvalue weighted by atomic mass is 9.69. The van der Waals surface area contributed by atoms with Crippen LogP contribution < -0.4 is 10.1 Å². The molecule has 0 bridgehead atoms. The summed E-state index contributed by atoms with van der Waals surface area (Å²) in [5.41, 5.74) is 1.09. The number of rotatable bonds is 8. The topological polar surface area (TPSA) is 108 Å². The summed E-state index contributed by atoms with van der Waals surface area (Å²) in [7, 11) is 0. The van der Waals surface area contributed by atoms with Gasteiger partial charge in [-0.15, -0.1) is 13.2 Å². The van der Waals surface area contributed by atoms with Crippen molar-refractivity contribution < 1.29 is 37.4 Å². The van der Waals surface area contributed by atoms with Gasteiger partial charge in [0.25, 0.3) is 11.8 Å². The average Bonchev–Trinajstić information content (AvgIpc) is 3.14. The van der Waals surface area contributed by atoms with Gasteiger partial charge in [0, 0.05) is 24.2 Å². The van der Waals surface area contributed by atoms with Crippen LogP contribution in [0.2, 0.25) is 0 Å². The van der Waals surface area contributed by atoms with Crippen LogP contribution in [-0.2, 0) is 16.1 Å². The second-order valence-corrected chi connectivity index (χ2v) is 11.6. The number of carboxylic acid groups (broad SMARTS) is 1. The lowest BCUT2D eigenvalue weighted by Gasteiger charge is -2.44. The van der Waals surface area contributed by atoms with Crippen LogP contribution in [0.15, 0.2) is 53.5 Å². The minimum absolute atomic E-state index is 0.0136. The van der Waals surface area contributed by atoms with E-state index in [4.69, 9.17) is 10.1 Å². The molecule has 1 spiro atoms. The minimum atomic E-state index is -4.82. The molecule has 2 aromatic rings. The highest BCUT2D eigenvalue weighted by atomic mass is 19.4. The third-order valence-electron chi connectivity index (χ3n) is 7.82. The predicted octanol–water partition coefficient (Wildman–Crippen LogP) is 5.55. The van der Waals surface area contributed by atoms with Crippen LogP contribution in [0.5, 0.6) is 5.75 Å². The van der Waals surface area contributed by atoms with Gasteiger partial charge >= 0.3 is 12.3 Å². The zero-order valence-corrected chi connectivity index (χ0v) is 23.3. The Labute approximate surface area is 236 Å². The number of ether oxygens (including phenoxy) is 1. The number of carboxylic acids is 1. The van der Waals surface area contributed by atoms with Crippen molar-refractivity contribution in [1.29, 1.82) is 0 Å². The predicted molar refractivity (Wildman–Crippen MR) is 145 cm³/mol. The van der Waals surface area contributed by atoms with E-state index in [0.717, 1.165) is 18.4 Å². The molecule has 1 aliphatic carbocycles. The quantitative estimate of drug-likeness (QED) is 0.430. The van der Waals surface area contributed by atoms with E-state index in [1.807, 2.05) is 0 Å². The third kappa shape index (κ3) is 7.25. The molecule has 2 aliphatic rings. The highest BCUT2D eigenvalue weighted by molar-refractivity contribution is 6.46. The van der Waals surface area contributed by atoms with E-state index in [1.54, 1.807) is 29.2 Å². The Morgan fingerprint density at radius 3 is 2.20 bits per heavy atom. The van der Waals surface area contributed by atoms with E-state index in [9.17, 15) is 27.6 Å². The summed E-state index contributed by atoms with van der Waals surface area (Å²) in [6.45, 7) is 6.85. The number of halogens is 3. The van der Waals surface area contributed by atoms with Gasteiger partial charge in [0.15, 0.2) is 0 Å². The molecule has 0 unspecified atom stereocenters.